The van der Waals surface area contributed by atoms with Gasteiger partial charge in [-0.25, -0.2) is 0 Å². The molecule has 0 bridgehead atoms. The maximum absolute atomic E-state index is 2.00. The van der Waals surface area contributed by atoms with Crippen molar-refractivity contribution in [2.45, 2.75) is 28.7 Å². The molecule has 0 N–H and O–H groups in total. The van der Waals surface area contributed by atoms with Gasteiger partial charge in [-0.05, 0) is 0 Å². The van der Waals surface area contributed by atoms with Crippen molar-refractivity contribution in [1.82, 2.24) is 0 Å². The van der Waals surface area contributed by atoms with Crippen molar-refractivity contribution >= 4 is 0 Å². The largest absolute Gasteiger partial charge is 2.00 e. The van der Waals surface area contributed by atoms with Gasteiger partial charge >= 0.3 is 21.1 Å². The van der Waals surface area contributed by atoms with Crippen molar-refractivity contribution in [3.05, 3.63) is 14.9 Å². The molecule has 0 atom stereocenters. The Kier molecular flexibility index (Phi) is 7870. The van der Waals surface area contributed by atoms with Crippen molar-refractivity contribution in [3.63, 3.8) is 0 Å². The first kappa shape index (κ1) is 121. The Balaban J connectivity index is -0.000000000500. The Hall–Kier alpha value is 0.688. The third-order valence-corrected chi connectivity index (χ3v) is 0. The van der Waals surface area contributed by atoms with Gasteiger partial charge in [0.05, 0.1) is 0 Å². The van der Waals surface area contributed by atoms with Crippen molar-refractivity contribution in [1.29, 1.82) is 0 Å². The second-order valence-corrected chi connectivity index (χ2v) is 0. The van der Waals surface area contributed by atoms with Gasteiger partial charge in [-0.1, -0.05) is 28.7 Å². The summed E-state index contributed by atoms with van der Waals surface area (Å²) in [4.78, 5) is 0. The van der Waals surface area contributed by atoms with Gasteiger partial charge in [0.1, 0.15) is 0 Å². The molecule has 50 valence electrons. The molecule has 0 fully saturated rings. The Morgan fingerprint density at radius 2 is 0.714 bits per heavy atom. The van der Waals surface area contributed by atoms with Crippen LogP contribution in [0.1, 0.15) is 28.7 Å². The van der Waals surface area contributed by atoms with E-state index < -0.39 is 0 Å². The van der Waals surface area contributed by atoms with Gasteiger partial charge in [-0.2, -0.15) is 0 Å². The average Bonchev–Trinajstić information content (AvgIpc) is 1.00. The summed E-state index contributed by atoms with van der Waals surface area (Å²) in [6.07, 6.45) is 0. The summed E-state index contributed by atoms with van der Waals surface area (Å²) in [6, 6.07) is 0. The van der Waals surface area contributed by atoms with E-state index in [2.05, 4.69) is 0 Å². The molecule has 0 saturated heterocycles. The molecule has 0 heterocycles. The summed E-state index contributed by atoms with van der Waals surface area (Å²) in [5.41, 5.74) is 0. The van der Waals surface area contributed by atoms with Gasteiger partial charge in [0, 0.05) is 0 Å². The van der Waals surface area contributed by atoms with E-state index in [9.17, 15) is 0 Å². The Morgan fingerprint density at radius 1 is 0.714 bits per heavy atom. The smallest absolute Gasteiger partial charge is 0.358 e. The molecular weight excluding hydrogens is 256 g/mol. The van der Waals surface area contributed by atoms with E-state index in [-0.39, 0.29) is 50.8 Å². The normalized spacial score (nSPS) is 0.857. The molecule has 0 aromatic heterocycles. The van der Waals surface area contributed by atoms with Crippen LogP contribution in [0.15, 0.2) is 0 Å². The van der Waals surface area contributed by atoms with Crippen LogP contribution in [-0.2, 0) is 21.1 Å². The van der Waals surface area contributed by atoms with E-state index in [1.807, 2.05) is 13.8 Å². The van der Waals surface area contributed by atoms with Crippen molar-refractivity contribution < 1.29 is 21.1 Å². The molecule has 1 heteroatoms. The summed E-state index contributed by atoms with van der Waals surface area (Å²) in [6.45, 7) is 4.00. The predicted octanol–water partition coefficient (Wildman–Crippen LogP) is 3.20. The zero-order chi connectivity index (χ0) is 2.00. The first-order valence-corrected chi connectivity index (χ1v) is 1.00. The number of hydrogen-bond donors (Lipinski definition) is 0. The fourth-order valence-electron chi connectivity index (χ4n) is 0. The predicted molar refractivity (Wildman–Crippen MR) is 37.6 cm³/mol. The van der Waals surface area contributed by atoms with Crippen LogP contribution in [0.25, 0.3) is 0 Å². The summed E-state index contributed by atoms with van der Waals surface area (Å²) in [7, 11) is 0. The van der Waals surface area contributed by atoms with Crippen LogP contribution in [0.5, 0.6) is 0 Å². The second-order valence-electron chi connectivity index (χ2n) is 0. The molecule has 0 aliphatic rings. The molecule has 0 amide bonds. The Morgan fingerprint density at radius 3 is 0.714 bits per heavy atom. The van der Waals surface area contributed by atoms with E-state index in [1.165, 1.54) is 0 Å². The topological polar surface area (TPSA) is 0 Å². The van der Waals surface area contributed by atoms with Gasteiger partial charge in [0.25, 0.3) is 0 Å². The maximum atomic E-state index is 2.00. The van der Waals surface area contributed by atoms with E-state index in [0.29, 0.717) is 0 Å². The molecule has 0 rings (SSSR count). The molecular formula is C6H20W. The fourth-order valence-corrected chi connectivity index (χ4v) is 0. The summed E-state index contributed by atoms with van der Waals surface area (Å²) >= 11 is 0. The molecule has 0 radical (unpaired) electrons. The first-order chi connectivity index (χ1) is 1.00. The Bertz CT molecular complexity index is 4.14. The SMILES string of the molecule is C.C.CC.[CH3-].[CH3-].[W+2]. The van der Waals surface area contributed by atoms with Crippen LogP contribution in [0.2, 0.25) is 0 Å². The van der Waals surface area contributed by atoms with Crippen molar-refractivity contribution in [3.8, 4) is 0 Å². The van der Waals surface area contributed by atoms with Gasteiger partial charge in [-0.15, -0.1) is 0 Å². The molecule has 0 nitrogen and oxygen atoms in total. The molecule has 0 unspecified atom stereocenters. The zero-order valence-corrected chi connectivity index (χ0v) is 7.34. The quantitative estimate of drug-likeness (QED) is 0.596. The number of rotatable bonds is 0. The molecule has 0 aliphatic carbocycles. The van der Waals surface area contributed by atoms with Crippen LogP contribution < -0.4 is 0 Å². The molecule has 0 aromatic rings. The van der Waals surface area contributed by atoms with Crippen LogP contribution in [0.3, 0.4) is 0 Å². The monoisotopic (exact) mass is 276 g/mol. The minimum Gasteiger partial charge on any atom is -0.358 e. The van der Waals surface area contributed by atoms with E-state index >= 15 is 0 Å². The molecule has 0 aromatic carbocycles. The van der Waals surface area contributed by atoms with Crippen LogP contribution in [-0.4, -0.2) is 0 Å². The molecule has 0 spiro atoms. The molecule has 0 aliphatic heterocycles. The molecule has 0 saturated carbocycles. The average molecular weight is 276 g/mol. The Labute approximate surface area is 65.0 Å². The third kappa shape index (κ3) is 310. The fraction of sp³-hybridized carbons (Fsp3) is 0.667. The maximum Gasteiger partial charge on any atom is 2.00 e. The van der Waals surface area contributed by atoms with E-state index in [1.54, 1.807) is 0 Å². The van der Waals surface area contributed by atoms with Crippen LogP contribution >= 0.6 is 0 Å². The summed E-state index contributed by atoms with van der Waals surface area (Å²) in [5, 5.41) is 0. The second kappa shape index (κ2) is 457. The van der Waals surface area contributed by atoms with Gasteiger partial charge in [0.2, 0.25) is 0 Å². The zero-order valence-electron chi connectivity index (χ0n) is 4.41. The number of hydrogen-bond acceptors (Lipinski definition) is 0. The van der Waals surface area contributed by atoms with Crippen molar-refractivity contribution in [2.75, 3.05) is 0 Å². The van der Waals surface area contributed by atoms with Gasteiger partial charge in [0.15, 0.2) is 0 Å². The van der Waals surface area contributed by atoms with E-state index in [4.69, 9.17) is 0 Å². The minimum atomic E-state index is 0. The van der Waals surface area contributed by atoms with Crippen LogP contribution in [0, 0.1) is 14.9 Å². The minimum absolute atomic E-state index is 0. The first-order valence-electron chi connectivity index (χ1n) is 1.00. The summed E-state index contributed by atoms with van der Waals surface area (Å²) < 4.78 is 0. The molecule has 7 heavy (non-hydrogen) atoms. The van der Waals surface area contributed by atoms with E-state index in [0.717, 1.165) is 0 Å². The van der Waals surface area contributed by atoms with Crippen LogP contribution in [0.4, 0.5) is 0 Å². The van der Waals surface area contributed by atoms with Gasteiger partial charge in [-0.3, -0.25) is 0 Å². The van der Waals surface area contributed by atoms with Gasteiger partial charge < -0.3 is 14.9 Å². The summed E-state index contributed by atoms with van der Waals surface area (Å²) in [5.74, 6) is 0. The third-order valence-electron chi connectivity index (χ3n) is 0. The standard InChI is InChI=1S/C2H6.2CH4.2CH3.W/c1-2;;;;;/h1-2H3;2*1H4;2*1H3;/q;;;2*-1;+2. The van der Waals surface area contributed by atoms with Crippen molar-refractivity contribution in [2.24, 2.45) is 0 Å².